The Balaban J connectivity index is 1.48. The van der Waals surface area contributed by atoms with Crippen molar-refractivity contribution in [2.75, 3.05) is 19.7 Å². The first kappa shape index (κ1) is 15.6. The highest BCUT2D eigenvalue weighted by Crippen LogP contribution is 2.31. The van der Waals surface area contributed by atoms with E-state index in [1.165, 1.54) is 29.7 Å². The summed E-state index contributed by atoms with van der Waals surface area (Å²) in [5.41, 5.74) is 4.67. The number of hydrogen-bond donors (Lipinski definition) is 1. The van der Waals surface area contributed by atoms with Gasteiger partial charge in [-0.2, -0.15) is 0 Å². The number of ether oxygens (including phenoxy) is 1. The van der Waals surface area contributed by atoms with Crippen LogP contribution in [-0.2, 0) is 24.1 Å². The van der Waals surface area contributed by atoms with E-state index in [1.807, 2.05) is 6.07 Å². The average molecular weight is 327 g/mol. The summed E-state index contributed by atoms with van der Waals surface area (Å²) >= 11 is 0. The lowest BCUT2D eigenvalue weighted by atomic mass is 10.0. The quantitative estimate of drug-likeness (QED) is 0.935. The highest BCUT2D eigenvalue weighted by atomic mass is 19.1. The van der Waals surface area contributed by atoms with Gasteiger partial charge in [0.05, 0.1) is 12.7 Å². The Bertz CT molecular complexity index is 729. The van der Waals surface area contributed by atoms with Crippen molar-refractivity contribution in [3.63, 3.8) is 0 Å². The maximum Gasteiger partial charge on any atom is 0.123 e. The SMILES string of the molecule is Oc1cc2c(cc1CN1CCO[C@H](c3ccc(F)cc3)C1)CCC2. The summed E-state index contributed by atoms with van der Waals surface area (Å²) in [5, 5.41) is 10.3. The third kappa shape index (κ3) is 3.17. The van der Waals surface area contributed by atoms with Gasteiger partial charge in [-0.1, -0.05) is 18.2 Å². The van der Waals surface area contributed by atoms with Crippen LogP contribution < -0.4 is 0 Å². The first-order valence-electron chi connectivity index (χ1n) is 8.62. The molecule has 4 heteroatoms. The average Bonchev–Trinajstić information content (AvgIpc) is 3.03. The monoisotopic (exact) mass is 327 g/mol. The van der Waals surface area contributed by atoms with E-state index in [9.17, 15) is 9.50 Å². The number of aromatic hydroxyl groups is 1. The zero-order valence-electron chi connectivity index (χ0n) is 13.7. The summed E-state index contributed by atoms with van der Waals surface area (Å²) in [4.78, 5) is 2.30. The normalized spacial score (nSPS) is 21.0. The molecule has 0 saturated carbocycles. The molecular formula is C20H22FNO2. The fourth-order valence-corrected chi connectivity index (χ4v) is 3.75. The highest BCUT2D eigenvalue weighted by molar-refractivity contribution is 5.44. The predicted octanol–water partition coefficient (Wildman–Crippen LogP) is 3.59. The smallest absolute Gasteiger partial charge is 0.123 e. The van der Waals surface area contributed by atoms with Crippen molar-refractivity contribution in [1.82, 2.24) is 4.90 Å². The molecule has 0 bridgehead atoms. The van der Waals surface area contributed by atoms with Gasteiger partial charge in [0.15, 0.2) is 0 Å². The maximum absolute atomic E-state index is 13.1. The van der Waals surface area contributed by atoms with Gasteiger partial charge in [-0.3, -0.25) is 4.90 Å². The Morgan fingerprint density at radius 2 is 1.88 bits per heavy atom. The van der Waals surface area contributed by atoms with Crippen LogP contribution in [0.25, 0.3) is 0 Å². The Hall–Kier alpha value is -1.91. The molecule has 0 radical (unpaired) electrons. The van der Waals surface area contributed by atoms with Gasteiger partial charge >= 0.3 is 0 Å². The van der Waals surface area contributed by atoms with Crippen molar-refractivity contribution >= 4 is 0 Å². The number of rotatable bonds is 3. The number of benzene rings is 2. The molecule has 1 aliphatic carbocycles. The number of halogens is 1. The topological polar surface area (TPSA) is 32.7 Å². The second-order valence-corrected chi connectivity index (χ2v) is 6.75. The molecule has 4 rings (SSSR count). The molecular weight excluding hydrogens is 305 g/mol. The first-order valence-corrected chi connectivity index (χ1v) is 8.62. The molecule has 0 spiro atoms. The van der Waals surface area contributed by atoms with Gasteiger partial charge in [-0.15, -0.1) is 0 Å². The van der Waals surface area contributed by atoms with Crippen LogP contribution >= 0.6 is 0 Å². The molecule has 1 heterocycles. The maximum atomic E-state index is 13.1. The van der Waals surface area contributed by atoms with Gasteiger partial charge in [0.25, 0.3) is 0 Å². The van der Waals surface area contributed by atoms with E-state index in [4.69, 9.17) is 4.74 Å². The van der Waals surface area contributed by atoms with Crippen molar-refractivity contribution in [2.45, 2.75) is 31.9 Å². The number of aryl methyl sites for hydroxylation is 2. The summed E-state index contributed by atoms with van der Waals surface area (Å²) in [7, 11) is 0. The minimum absolute atomic E-state index is 0.0454. The van der Waals surface area contributed by atoms with Gasteiger partial charge in [0, 0.05) is 25.2 Å². The van der Waals surface area contributed by atoms with Crippen molar-refractivity contribution in [3.8, 4) is 5.75 Å². The Labute approximate surface area is 141 Å². The third-order valence-corrected chi connectivity index (χ3v) is 5.08. The first-order chi connectivity index (χ1) is 11.7. The number of phenols is 1. The van der Waals surface area contributed by atoms with Gasteiger partial charge in [0.2, 0.25) is 0 Å². The van der Waals surface area contributed by atoms with E-state index in [-0.39, 0.29) is 11.9 Å². The molecule has 24 heavy (non-hydrogen) atoms. The molecule has 1 aliphatic heterocycles. The summed E-state index contributed by atoms with van der Waals surface area (Å²) in [6, 6.07) is 10.6. The molecule has 0 aromatic heterocycles. The van der Waals surface area contributed by atoms with Crippen molar-refractivity contribution in [2.24, 2.45) is 0 Å². The number of hydrogen-bond acceptors (Lipinski definition) is 3. The van der Waals surface area contributed by atoms with Crippen LogP contribution in [0.5, 0.6) is 5.75 Å². The van der Waals surface area contributed by atoms with Crippen molar-refractivity contribution in [1.29, 1.82) is 0 Å². The lowest BCUT2D eigenvalue weighted by Crippen LogP contribution is -2.37. The highest BCUT2D eigenvalue weighted by Gasteiger charge is 2.23. The number of nitrogens with zero attached hydrogens (tertiary/aromatic N) is 1. The molecule has 2 aliphatic rings. The summed E-state index contributed by atoms with van der Waals surface area (Å²) in [6.45, 7) is 2.96. The second kappa shape index (κ2) is 6.54. The minimum Gasteiger partial charge on any atom is -0.508 e. The summed E-state index contributed by atoms with van der Waals surface area (Å²) in [5.74, 6) is 0.176. The van der Waals surface area contributed by atoms with Crippen LogP contribution in [0.1, 0.15) is 34.8 Å². The number of morpholine rings is 1. The second-order valence-electron chi connectivity index (χ2n) is 6.75. The van der Waals surface area contributed by atoms with Gasteiger partial charge < -0.3 is 9.84 Å². The number of fused-ring (bicyclic) bond motifs is 1. The molecule has 0 unspecified atom stereocenters. The van der Waals surface area contributed by atoms with Crippen LogP contribution in [0, 0.1) is 5.82 Å². The molecule has 1 atom stereocenters. The van der Waals surface area contributed by atoms with Crippen LogP contribution in [0.3, 0.4) is 0 Å². The van der Waals surface area contributed by atoms with E-state index >= 15 is 0 Å². The molecule has 1 saturated heterocycles. The molecule has 0 amide bonds. The van der Waals surface area contributed by atoms with Crippen molar-refractivity contribution < 1.29 is 14.2 Å². The Morgan fingerprint density at radius 3 is 2.67 bits per heavy atom. The molecule has 3 nitrogen and oxygen atoms in total. The zero-order chi connectivity index (χ0) is 16.5. The lowest BCUT2D eigenvalue weighted by molar-refractivity contribution is -0.0331. The van der Waals surface area contributed by atoms with E-state index in [0.29, 0.717) is 12.4 Å². The summed E-state index contributed by atoms with van der Waals surface area (Å²) < 4.78 is 18.9. The van der Waals surface area contributed by atoms with E-state index in [2.05, 4.69) is 11.0 Å². The molecule has 2 aromatic carbocycles. The van der Waals surface area contributed by atoms with Crippen LogP contribution in [0.4, 0.5) is 4.39 Å². The minimum atomic E-state index is -0.227. The van der Waals surface area contributed by atoms with E-state index < -0.39 is 0 Å². The van der Waals surface area contributed by atoms with Crippen LogP contribution in [0.15, 0.2) is 36.4 Å². The summed E-state index contributed by atoms with van der Waals surface area (Å²) in [6.07, 6.45) is 3.33. The Kier molecular flexibility index (Phi) is 4.25. The lowest BCUT2D eigenvalue weighted by Gasteiger charge is -2.33. The van der Waals surface area contributed by atoms with E-state index in [0.717, 1.165) is 43.6 Å². The molecule has 1 N–H and O–H groups in total. The molecule has 126 valence electrons. The standard InChI is InChI=1S/C20H22FNO2/c21-18-6-4-14(5-7-18)20-13-22(8-9-24-20)12-17-10-15-2-1-3-16(15)11-19(17)23/h4-7,10-11,20,23H,1-3,8-9,12-13H2/t20-/m0/s1. The Morgan fingerprint density at radius 1 is 1.12 bits per heavy atom. The fourth-order valence-electron chi connectivity index (χ4n) is 3.75. The van der Waals surface area contributed by atoms with Crippen molar-refractivity contribution in [3.05, 3.63) is 64.5 Å². The van der Waals surface area contributed by atoms with E-state index in [1.54, 1.807) is 12.1 Å². The number of phenolic OH excluding ortho intramolecular Hbond substituents is 1. The molecule has 2 aromatic rings. The zero-order valence-corrected chi connectivity index (χ0v) is 13.7. The van der Waals surface area contributed by atoms with Gasteiger partial charge in [-0.25, -0.2) is 4.39 Å². The van der Waals surface area contributed by atoms with Gasteiger partial charge in [-0.05, 0) is 54.2 Å². The third-order valence-electron chi connectivity index (χ3n) is 5.08. The van der Waals surface area contributed by atoms with Crippen LogP contribution in [-0.4, -0.2) is 29.7 Å². The van der Waals surface area contributed by atoms with Gasteiger partial charge in [0.1, 0.15) is 11.6 Å². The van der Waals surface area contributed by atoms with Crippen LogP contribution in [0.2, 0.25) is 0 Å². The molecule has 1 fully saturated rings. The largest absolute Gasteiger partial charge is 0.508 e. The fraction of sp³-hybridized carbons (Fsp3) is 0.400. The predicted molar refractivity (Wildman–Crippen MR) is 90.5 cm³/mol.